The smallest absolute Gasteiger partial charge is 0.311 e. The Morgan fingerprint density at radius 2 is 1.90 bits per heavy atom. The molecule has 0 saturated carbocycles. The number of likely N-dealkylation sites (N-methyl/N-ethyl adjacent to an activating group) is 1. The second-order valence-electron chi connectivity index (χ2n) is 6.63. The quantitative estimate of drug-likeness (QED) is 0.426. The summed E-state index contributed by atoms with van der Waals surface area (Å²) in [5, 5.41) is 18.9. The summed E-state index contributed by atoms with van der Waals surface area (Å²) in [7, 11) is 4.70. The van der Waals surface area contributed by atoms with E-state index in [1.54, 1.807) is 18.0 Å². The lowest BCUT2D eigenvalue weighted by Crippen LogP contribution is -2.15. The molecule has 0 unspecified atom stereocenters. The summed E-state index contributed by atoms with van der Waals surface area (Å²) in [6.45, 7) is 1.12. The number of hydrogen-bond donors (Lipinski definition) is 1. The Labute approximate surface area is 173 Å². The van der Waals surface area contributed by atoms with Gasteiger partial charge in [0.2, 0.25) is 0 Å². The van der Waals surface area contributed by atoms with Crippen LogP contribution in [-0.4, -0.2) is 42.5 Å². The monoisotopic (exact) mass is 414 g/mol. The lowest BCUT2D eigenvalue weighted by atomic mass is 10.0. The standard InChI is InChI=1S/C21H23FN4O4/c1-23-9-8-19-17(16-10-20(26(27)28)21(30-3)11-18(16)22)12-24-25(19)13-14-4-6-15(29-2)7-5-14/h4-7,10-12,23H,8-9,13H2,1-3H3. The second-order valence-corrected chi connectivity index (χ2v) is 6.63. The number of hydrogen-bond acceptors (Lipinski definition) is 6. The molecule has 0 aliphatic heterocycles. The Bertz CT molecular complexity index is 1030. The molecule has 0 fully saturated rings. The fraction of sp³-hybridized carbons (Fsp3) is 0.286. The van der Waals surface area contributed by atoms with E-state index in [1.807, 2.05) is 31.3 Å². The molecular formula is C21H23FN4O4. The molecule has 0 amide bonds. The highest BCUT2D eigenvalue weighted by atomic mass is 19.1. The van der Waals surface area contributed by atoms with Crippen LogP contribution in [0.3, 0.4) is 0 Å². The molecule has 1 aromatic heterocycles. The van der Waals surface area contributed by atoms with Gasteiger partial charge < -0.3 is 14.8 Å². The van der Waals surface area contributed by atoms with Crippen LogP contribution in [0, 0.1) is 15.9 Å². The molecule has 0 aliphatic carbocycles. The lowest BCUT2D eigenvalue weighted by Gasteiger charge is -2.12. The van der Waals surface area contributed by atoms with Crippen LogP contribution in [0.15, 0.2) is 42.6 Å². The molecular weight excluding hydrogens is 391 g/mol. The van der Waals surface area contributed by atoms with E-state index in [2.05, 4.69) is 10.4 Å². The molecule has 1 heterocycles. The molecule has 9 heteroatoms. The number of nitrogens with zero attached hydrogens (tertiary/aromatic N) is 3. The van der Waals surface area contributed by atoms with Crippen LogP contribution in [0.4, 0.5) is 10.1 Å². The molecule has 0 saturated heterocycles. The van der Waals surface area contributed by atoms with Crippen molar-refractivity contribution in [2.75, 3.05) is 27.8 Å². The van der Waals surface area contributed by atoms with Gasteiger partial charge in [0.05, 0.1) is 31.9 Å². The van der Waals surface area contributed by atoms with E-state index >= 15 is 0 Å². The van der Waals surface area contributed by atoms with Crippen molar-refractivity contribution >= 4 is 5.69 Å². The lowest BCUT2D eigenvalue weighted by molar-refractivity contribution is -0.385. The maximum absolute atomic E-state index is 14.8. The summed E-state index contributed by atoms with van der Waals surface area (Å²) < 4.78 is 26.7. The third-order valence-corrected chi connectivity index (χ3v) is 4.81. The van der Waals surface area contributed by atoms with Crippen molar-refractivity contribution in [2.24, 2.45) is 0 Å². The van der Waals surface area contributed by atoms with Gasteiger partial charge in [-0.25, -0.2) is 4.39 Å². The summed E-state index contributed by atoms with van der Waals surface area (Å²) >= 11 is 0. The van der Waals surface area contributed by atoms with Crippen molar-refractivity contribution in [3.63, 3.8) is 0 Å². The highest BCUT2D eigenvalue weighted by Crippen LogP contribution is 2.36. The number of nitro benzene ring substituents is 1. The van der Waals surface area contributed by atoms with Gasteiger partial charge in [0.15, 0.2) is 5.75 Å². The Morgan fingerprint density at radius 3 is 2.50 bits per heavy atom. The van der Waals surface area contributed by atoms with E-state index in [0.717, 1.165) is 23.1 Å². The Kier molecular flexibility index (Phi) is 6.63. The van der Waals surface area contributed by atoms with E-state index in [9.17, 15) is 14.5 Å². The van der Waals surface area contributed by atoms with E-state index < -0.39 is 10.7 Å². The number of benzene rings is 2. The predicted octanol–water partition coefficient (Wildman–Crippen LogP) is 3.42. The molecule has 8 nitrogen and oxygen atoms in total. The Hall–Kier alpha value is -3.46. The maximum atomic E-state index is 14.8. The minimum Gasteiger partial charge on any atom is -0.497 e. The van der Waals surface area contributed by atoms with Crippen molar-refractivity contribution in [1.82, 2.24) is 15.1 Å². The highest BCUT2D eigenvalue weighted by Gasteiger charge is 2.23. The molecule has 3 rings (SSSR count). The molecule has 3 aromatic rings. The molecule has 30 heavy (non-hydrogen) atoms. The Balaban J connectivity index is 2.04. The van der Waals surface area contributed by atoms with Gasteiger partial charge in [-0.05, 0) is 24.7 Å². The van der Waals surface area contributed by atoms with Gasteiger partial charge in [-0.15, -0.1) is 0 Å². The van der Waals surface area contributed by atoms with Crippen LogP contribution in [0.25, 0.3) is 11.1 Å². The highest BCUT2D eigenvalue weighted by molar-refractivity contribution is 5.71. The molecule has 1 N–H and O–H groups in total. The van der Waals surface area contributed by atoms with E-state index in [-0.39, 0.29) is 17.0 Å². The SMILES string of the molecule is CNCCc1c(-c2cc([N+](=O)[O-])c(OC)cc2F)cnn1Cc1ccc(OC)cc1. The van der Waals surface area contributed by atoms with Gasteiger partial charge in [0, 0.05) is 41.9 Å². The van der Waals surface area contributed by atoms with E-state index in [0.29, 0.717) is 25.1 Å². The van der Waals surface area contributed by atoms with E-state index in [4.69, 9.17) is 9.47 Å². The molecule has 0 aliphatic rings. The van der Waals surface area contributed by atoms with Crippen molar-refractivity contribution < 1.29 is 18.8 Å². The summed E-state index contributed by atoms with van der Waals surface area (Å²) in [6.07, 6.45) is 2.12. The molecule has 0 atom stereocenters. The van der Waals surface area contributed by atoms with Crippen LogP contribution >= 0.6 is 0 Å². The van der Waals surface area contributed by atoms with Gasteiger partial charge in [-0.3, -0.25) is 14.8 Å². The fourth-order valence-corrected chi connectivity index (χ4v) is 3.24. The van der Waals surface area contributed by atoms with Gasteiger partial charge in [-0.1, -0.05) is 12.1 Å². The zero-order valence-corrected chi connectivity index (χ0v) is 17.0. The van der Waals surface area contributed by atoms with Crippen molar-refractivity contribution in [1.29, 1.82) is 0 Å². The number of methoxy groups -OCH3 is 2. The molecule has 0 bridgehead atoms. The summed E-state index contributed by atoms with van der Waals surface area (Å²) in [4.78, 5) is 10.8. The fourth-order valence-electron chi connectivity index (χ4n) is 3.24. The van der Waals surface area contributed by atoms with Gasteiger partial charge >= 0.3 is 5.69 Å². The first kappa shape index (κ1) is 21.3. The number of nitrogens with one attached hydrogen (secondary N) is 1. The molecule has 0 radical (unpaired) electrons. The maximum Gasteiger partial charge on any atom is 0.311 e. The first-order valence-corrected chi connectivity index (χ1v) is 9.33. The third kappa shape index (κ3) is 4.41. The largest absolute Gasteiger partial charge is 0.497 e. The van der Waals surface area contributed by atoms with Crippen LogP contribution < -0.4 is 14.8 Å². The minimum atomic E-state index is -0.604. The van der Waals surface area contributed by atoms with Gasteiger partial charge in [-0.2, -0.15) is 5.10 Å². The molecule has 0 spiro atoms. The van der Waals surface area contributed by atoms with Crippen molar-refractivity contribution in [3.8, 4) is 22.6 Å². The first-order chi connectivity index (χ1) is 14.5. The number of halogens is 1. The first-order valence-electron chi connectivity index (χ1n) is 9.33. The van der Waals surface area contributed by atoms with Crippen molar-refractivity contribution in [2.45, 2.75) is 13.0 Å². The second kappa shape index (κ2) is 9.36. The van der Waals surface area contributed by atoms with Gasteiger partial charge in [0.25, 0.3) is 0 Å². The molecule has 158 valence electrons. The summed E-state index contributed by atoms with van der Waals surface area (Å²) in [6, 6.07) is 9.82. The number of nitro groups is 1. The van der Waals surface area contributed by atoms with Crippen molar-refractivity contribution in [3.05, 3.63) is 69.8 Å². The Morgan fingerprint density at radius 1 is 1.17 bits per heavy atom. The van der Waals surface area contributed by atoms with E-state index in [1.165, 1.54) is 13.2 Å². The van der Waals surface area contributed by atoms with Gasteiger partial charge in [0.1, 0.15) is 11.6 Å². The number of aromatic nitrogens is 2. The van der Waals surface area contributed by atoms with Crippen LogP contribution in [-0.2, 0) is 13.0 Å². The summed E-state index contributed by atoms with van der Waals surface area (Å²) in [5.74, 6) is 0.0266. The van der Waals surface area contributed by atoms with Crippen LogP contribution in [0.1, 0.15) is 11.3 Å². The van der Waals surface area contributed by atoms with Crippen LogP contribution in [0.5, 0.6) is 11.5 Å². The third-order valence-electron chi connectivity index (χ3n) is 4.81. The average Bonchev–Trinajstić information content (AvgIpc) is 3.14. The zero-order chi connectivity index (χ0) is 21.7. The minimum absolute atomic E-state index is 0.120. The zero-order valence-electron chi connectivity index (χ0n) is 17.0. The molecule has 2 aromatic carbocycles. The number of ether oxygens (including phenoxy) is 2. The summed E-state index contributed by atoms with van der Waals surface area (Å²) in [5.41, 5.74) is 2.11. The predicted molar refractivity (Wildman–Crippen MR) is 111 cm³/mol. The average molecular weight is 414 g/mol. The van der Waals surface area contributed by atoms with Crippen LogP contribution in [0.2, 0.25) is 0 Å². The number of rotatable bonds is 9. The topological polar surface area (TPSA) is 91.5 Å². The normalized spacial score (nSPS) is 10.8.